The maximum Gasteiger partial charge on any atom is 0.355 e. The largest absolute Gasteiger partial charge is 0.490 e. The van der Waals surface area contributed by atoms with Gasteiger partial charge in [0.1, 0.15) is 6.10 Å². The molecule has 25 heavy (non-hydrogen) atoms. The Morgan fingerprint density at radius 1 is 1.20 bits per heavy atom. The van der Waals surface area contributed by atoms with E-state index in [9.17, 15) is 22.3 Å². The number of methoxy groups -OCH3 is 2. The van der Waals surface area contributed by atoms with Crippen LogP contribution in [0.25, 0.3) is 0 Å². The van der Waals surface area contributed by atoms with Gasteiger partial charge >= 0.3 is 5.76 Å². The van der Waals surface area contributed by atoms with E-state index in [1.165, 1.54) is 44.7 Å². The molecule has 0 bridgehead atoms. The number of nitrogens with one attached hydrogen (secondary N) is 1. The second-order valence-electron chi connectivity index (χ2n) is 4.70. The van der Waals surface area contributed by atoms with Crippen LogP contribution in [0.5, 0.6) is 11.6 Å². The molecule has 0 spiro atoms. The van der Waals surface area contributed by atoms with Crippen molar-refractivity contribution >= 4 is 15.7 Å². The van der Waals surface area contributed by atoms with Crippen molar-refractivity contribution in [2.24, 2.45) is 0 Å². The van der Waals surface area contributed by atoms with Crippen LogP contribution in [-0.4, -0.2) is 43.5 Å². The quantitative estimate of drug-likeness (QED) is 0.755. The number of halogens is 2. The number of para-hydroxylation sites is 1. The number of aliphatic hydroxyl groups is 1. The zero-order valence-corrected chi connectivity index (χ0v) is 14.0. The van der Waals surface area contributed by atoms with E-state index in [-0.39, 0.29) is 28.7 Å². The Balaban J connectivity index is 2.42. The first-order valence-corrected chi connectivity index (χ1v) is 8.36. The Morgan fingerprint density at radius 3 is 2.48 bits per heavy atom. The van der Waals surface area contributed by atoms with E-state index in [0.29, 0.717) is 0 Å². The van der Waals surface area contributed by atoms with Gasteiger partial charge in [0.25, 0.3) is 15.9 Å². The molecule has 0 aliphatic rings. The average Bonchev–Trinajstić information content (AvgIpc) is 2.60. The molecule has 1 atom stereocenters. The lowest BCUT2D eigenvalue weighted by molar-refractivity contribution is 0.207. The van der Waals surface area contributed by atoms with Crippen molar-refractivity contribution in [3.05, 3.63) is 41.9 Å². The predicted octanol–water partition coefficient (Wildman–Crippen LogP) is 1.54. The van der Waals surface area contributed by atoms with E-state index in [1.54, 1.807) is 4.72 Å². The molecule has 136 valence electrons. The van der Waals surface area contributed by atoms with Crippen molar-refractivity contribution < 1.29 is 31.8 Å². The highest BCUT2D eigenvalue weighted by Crippen LogP contribution is 2.30. The van der Waals surface area contributed by atoms with Crippen LogP contribution in [0, 0.1) is 0 Å². The number of anilines is 1. The van der Waals surface area contributed by atoms with Crippen LogP contribution in [0.3, 0.4) is 0 Å². The molecule has 2 rings (SSSR count). The molecule has 1 aromatic heterocycles. The van der Waals surface area contributed by atoms with Crippen LogP contribution in [0.1, 0.15) is 17.5 Å². The Labute approximate surface area is 142 Å². The monoisotopic (exact) mass is 375 g/mol. The Bertz CT molecular complexity index is 848. The zero-order valence-electron chi connectivity index (χ0n) is 13.2. The lowest BCUT2D eigenvalue weighted by Crippen LogP contribution is -2.22. The highest BCUT2D eigenvalue weighted by Gasteiger charge is 2.27. The van der Waals surface area contributed by atoms with E-state index >= 15 is 0 Å². The Morgan fingerprint density at radius 2 is 1.88 bits per heavy atom. The third-order valence-electron chi connectivity index (χ3n) is 3.14. The molecule has 0 saturated carbocycles. The normalized spacial score (nSPS) is 12.7. The van der Waals surface area contributed by atoms with Crippen LogP contribution < -0.4 is 14.2 Å². The Hall–Kier alpha value is -2.53. The fourth-order valence-corrected chi connectivity index (χ4v) is 2.53. The van der Waals surface area contributed by atoms with Gasteiger partial charge in [0, 0.05) is 5.56 Å². The summed E-state index contributed by atoms with van der Waals surface area (Å²) in [4.78, 5) is 7.89. The smallest absolute Gasteiger partial charge is 0.355 e. The minimum absolute atomic E-state index is 0.000977. The highest BCUT2D eigenvalue weighted by atomic mass is 32.2. The zero-order chi connectivity index (χ0) is 18.6. The molecule has 0 aliphatic heterocycles. The van der Waals surface area contributed by atoms with Gasteiger partial charge in [-0.3, -0.25) is 4.72 Å². The number of hydrogen-bond acceptors (Lipinski definition) is 7. The van der Waals surface area contributed by atoms with E-state index < -0.39 is 21.9 Å². The summed E-state index contributed by atoms with van der Waals surface area (Å²) in [7, 11) is -2.17. The summed E-state index contributed by atoms with van der Waals surface area (Å²) >= 11 is 0. The van der Waals surface area contributed by atoms with Gasteiger partial charge in [-0.2, -0.15) is 13.8 Å². The molecular formula is C14H15F2N3O5S. The summed E-state index contributed by atoms with van der Waals surface area (Å²) in [5, 5.41) is 10.4. The van der Waals surface area contributed by atoms with Crippen LogP contribution in [0.2, 0.25) is 0 Å². The number of benzene rings is 1. The van der Waals surface area contributed by atoms with E-state index in [2.05, 4.69) is 9.97 Å². The molecule has 2 N–H and O–H groups in total. The van der Waals surface area contributed by atoms with Gasteiger partial charge in [0.15, 0.2) is 11.6 Å². The molecule has 11 heteroatoms. The number of aromatic nitrogens is 2. The number of hydrogen-bond donors (Lipinski definition) is 2. The third kappa shape index (κ3) is 4.12. The molecule has 0 aliphatic carbocycles. The first-order valence-electron chi connectivity index (χ1n) is 6.81. The van der Waals surface area contributed by atoms with Crippen molar-refractivity contribution in [1.29, 1.82) is 0 Å². The molecule has 1 aromatic carbocycles. The standard InChI is InChI=1S/C14H15F2N3O5S/c1-23-10-7-17-12(18-13(10)24-2)11(20)8-5-3-4-6-9(8)19-25(21,22)14(15)16/h3-7,11,14,19-20H,1-2H3/t11-/m1/s1. The van der Waals surface area contributed by atoms with Crippen molar-refractivity contribution in [2.45, 2.75) is 11.9 Å². The first-order chi connectivity index (χ1) is 11.8. The first kappa shape index (κ1) is 18.8. The van der Waals surface area contributed by atoms with E-state index in [1.807, 2.05) is 0 Å². The summed E-state index contributed by atoms with van der Waals surface area (Å²) < 4.78 is 59.6. The summed E-state index contributed by atoms with van der Waals surface area (Å²) in [6.07, 6.45) is -0.229. The Kier molecular flexibility index (Phi) is 5.69. The number of ether oxygens (including phenoxy) is 2. The van der Waals surface area contributed by atoms with Crippen LogP contribution in [0.15, 0.2) is 30.5 Å². The molecule has 0 saturated heterocycles. The summed E-state index contributed by atoms with van der Waals surface area (Å²) in [6.45, 7) is 0. The van der Waals surface area contributed by atoms with Gasteiger partial charge in [0.05, 0.1) is 26.1 Å². The van der Waals surface area contributed by atoms with Gasteiger partial charge < -0.3 is 14.6 Å². The van der Waals surface area contributed by atoms with Gasteiger partial charge in [-0.15, -0.1) is 0 Å². The molecule has 0 radical (unpaired) electrons. The molecule has 1 heterocycles. The lowest BCUT2D eigenvalue weighted by Gasteiger charge is -2.16. The van der Waals surface area contributed by atoms with Crippen molar-refractivity contribution in [1.82, 2.24) is 9.97 Å². The topological polar surface area (TPSA) is 111 Å². The molecule has 8 nitrogen and oxygen atoms in total. The molecule has 0 amide bonds. The van der Waals surface area contributed by atoms with Crippen LogP contribution in [-0.2, 0) is 10.0 Å². The third-order valence-corrected chi connectivity index (χ3v) is 4.11. The summed E-state index contributed by atoms with van der Waals surface area (Å²) in [5.41, 5.74) is -0.215. The second kappa shape index (κ2) is 7.57. The van der Waals surface area contributed by atoms with Gasteiger partial charge in [-0.1, -0.05) is 18.2 Å². The van der Waals surface area contributed by atoms with Crippen LogP contribution in [0.4, 0.5) is 14.5 Å². The number of aliphatic hydroxyl groups excluding tert-OH is 1. The van der Waals surface area contributed by atoms with Gasteiger partial charge in [-0.25, -0.2) is 13.4 Å². The highest BCUT2D eigenvalue weighted by molar-refractivity contribution is 7.93. The summed E-state index contributed by atoms with van der Waals surface area (Å²) in [6, 6.07) is 5.52. The van der Waals surface area contributed by atoms with Crippen molar-refractivity contribution in [3.63, 3.8) is 0 Å². The molecular weight excluding hydrogens is 360 g/mol. The van der Waals surface area contributed by atoms with Gasteiger partial charge in [0.2, 0.25) is 0 Å². The minimum atomic E-state index is -4.89. The van der Waals surface area contributed by atoms with Gasteiger partial charge in [-0.05, 0) is 6.07 Å². The second-order valence-corrected chi connectivity index (χ2v) is 6.35. The average molecular weight is 375 g/mol. The molecule has 2 aromatic rings. The molecule has 0 fully saturated rings. The number of rotatable bonds is 7. The lowest BCUT2D eigenvalue weighted by atomic mass is 10.1. The van der Waals surface area contributed by atoms with Crippen LogP contribution >= 0.6 is 0 Å². The molecule has 0 unspecified atom stereocenters. The SMILES string of the molecule is COc1cnc([C@H](O)c2ccccc2NS(=O)(=O)C(F)F)nc1OC. The maximum absolute atomic E-state index is 12.6. The summed E-state index contributed by atoms with van der Waals surface area (Å²) in [5.74, 6) is -3.46. The number of alkyl halides is 2. The maximum atomic E-state index is 12.6. The number of sulfonamides is 1. The number of nitrogens with zero attached hydrogens (tertiary/aromatic N) is 2. The van der Waals surface area contributed by atoms with E-state index in [4.69, 9.17) is 9.47 Å². The predicted molar refractivity (Wildman–Crippen MR) is 84.2 cm³/mol. The fourth-order valence-electron chi connectivity index (χ4n) is 1.95. The fraction of sp³-hybridized carbons (Fsp3) is 0.286. The van der Waals surface area contributed by atoms with Crippen molar-refractivity contribution in [3.8, 4) is 11.6 Å². The minimum Gasteiger partial charge on any atom is -0.490 e. The van der Waals surface area contributed by atoms with Crippen molar-refractivity contribution in [2.75, 3.05) is 18.9 Å². The van der Waals surface area contributed by atoms with E-state index in [0.717, 1.165) is 0 Å².